The molecule has 4 aromatic rings. The normalized spacial score (nSPS) is 11.4. The molecule has 2 aromatic heterocycles. The Morgan fingerprint density at radius 2 is 1.91 bits per heavy atom. The van der Waals surface area contributed by atoms with E-state index >= 15 is 0 Å². The number of benzene rings is 2. The van der Waals surface area contributed by atoms with Gasteiger partial charge in [-0.3, -0.25) is 9.69 Å². The van der Waals surface area contributed by atoms with E-state index in [9.17, 15) is 4.79 Å². The molecule has 0 radical (unpaired) electrons. The summed E-state index contributed by atoms with van der Waals surface area (Å²) in [4.78, 5) is 24.3. The minimum atomic E-state index is -0.118. The molecule has 0 atom stereocenters. The maximum absolute atomic E-state index is 12.4. The lowest BCUT2D eigenvalue weighted by molar-refractivity contribution is 0.0796. The SMILES string of the molecule is CCN(C)C(=O)c1coc(CN(CCc2c[nH]c3ccccc23)Cc2ccc(C)cc2C)n1. The van der Waals surface area contributed by atoms with Gasteiger partial charge in [0, 0.05) is 43.8 Å². The second-order valence-corrected chi connectivity index (χ2v) is 8.70. The van der Waals surface area contributed by atoms with Gasteiger partial charge < -0.3 is 14.3 Å². The molecule has 0 aliphatic rings. The highest BCUT2D eigenvalue weighted by atomic mass is 16.3. The molecule has 0 saturated carbocycles. The number of aryl methyl sites for hydroxylation is 2. The fraction of sp³-hybridized carbons (Fsp3) is 0.333. The maximum Gasteiger partial charge on any atom is 0.275 e. The third-order valence-corrected chi connectivity index (χ3v) is 6.22. The summed E-state index contributed by atoms with van der Waals surface area (Å²) in [5.74, 6) is 0.443. The summed E-state index contributed by atoms with van der Waals surface area (Å²) in [6, 6.07) is 15.0. The molecule has 0 saturated heterocycles. The summed E-state index contributed by atoms with van der Waals surface area (Å²) in [6.07, 6.45) is 4.47. The van der Waals surface area contributed by atoms with E-state index in [-0.39, 0.29) is 5.91 Å². The minimum Gasteiger partial charge on any atom is -0.447 e. The number of aromatic nitrogens is 2. The largest absolute Gasteiger partial charge is 0.447 e. The number of H-pyrrole nitrogens is 1. The van der Waals surface area contributed by atoms with Crippen LogP contribution in [-0.2, 0) is 19.5 Å². The minimum absolute atomic E-state index is 0.118. The summed E-state index contributed by atoms with van der Waals surface area (Å²) in [5.41, 5.74) is 6.64. The van der Waals surface area contributed by atoms with Crippen molar-refractivity contribution in [3.05, 3.63) is 88.8 Å². The third kappa shape index (κ3) is 5.34. The molecule has 6 heteroatoms. The van der Waals surface area contributed by atoms with Gasteiger partial charge in [-0.15, -0.1) is 0 Å². The fourth-order valence-corrected chi connectivity index (χ4v) is 4.11. The molecule has 1 N–H and O–H groups in total. The summed E-state index contributed by atoms with van der Waals surface area (Å²) in [5, 5.41) is 1.26. The van der Waals surface area contributed by atoms with Gasteiger partial charge in [0.15, 0.2) is 5.69 Å². The van der Waals surface area contributed by atoms with E-state index in [1.54, 1.807) is 11.9 Å². The van der Waals surface area contributed by atoms with Crippen molar-refractivity contribution in [3.8, 4) is 0 Å². The highest BCUT2D eigenvalue weighted by Crippen LogP contribution is 2.20. The highest BCUT2D eigenvalue weighted by Gasteiger charge is 2.18. The van der Waals surface area contributed by atoms with Crippen LogP contribution >= 0.6 is 0 Å². The molecule has 6 nitrogen and oxygen atoms in total. The lowest BCUT2D eigenvalue weighted by Gasteiger charge is -2.22. The topological polar surface area (TPSA) is 65.4 Å². The Bertz CT molecular complexity index is 1240. The zero-order valence-corrected chi connectivity index (χ0v) is 19.9. The Morgan fingerprint density at radius 3 is 2.70 bits per heavy atom. The summed E-state index contributed by atoms with van der Waals surface area (Å²) in [7, 11) is 1.77. The van der Waals surface area contributed by atoms with Crippen LogP contribution in [0.3, 0.4) is 0 Å². The number of rotatable bonds is 9. The summed E-state index contributed by atoms with van der Waals surface area (Å²) >= 11 is 0. The average Bonchev–Trinajstić information content (AvgIpc) is 3.45. The quantitative estimate of drug-likeness (QED) is 0.390. The van der Waals surface area contributed by atoms with Crippen molar-refractivity contribution >= 4 is 16.8 Å². The Hall–Kier alpha value is -3.38. The molecule has 0 aliphatic heterocycles. The van der Waals surface area contributed by atoms with Crippen LogP contribution in [0.25, 0.3) is 10.9 Å². The number of fused-ring (bicyclic) bond motifs is 1. The third-order valence-electron chi connectivity index (χ3n) is 6.22. The zero-order chi connectivity index (χ0) is 23.4. The highest BCUT2D eigenvalue weighted by molar-refractivity contribution is 5.91. The molecule has 0 spiro atoms. The van der Waals surface area contributed by atoms with Crippen LogP contribution in [0.15, 0.2) is 59.3 Å². The van der Waals surface area contributed by atoms with Crippen LogP contribution in [0.5, 0.6) is 0 Å². The molecule has 1 amide bonds. The number of oxazole rings is 1. The van der Waals surface area contributed by atoms with Crippen LogP contribution in [0.1, 0.15) is 45.6 Å². The number of carbonyl (C=O) groups is 1. The molecular formula is C27H32N4O2. The van der Waals surface area contributed by atoms with Crippen molar-refractivity contribution < 1.29 is 9.21 Å². The Labute approximate surface area is 195 Å². The Balaban J connectivity index is 1.53. The first-order valence-electron chi connectivity index (χ1n) is 11.5. The number of hydrogen-bond donors (Lipinski definition) is 1. The number of carbonyl (C=O) groups excluding carboxylic acids is 1. The van der Waals surface area contributed by atoms with Crippen molar-refractivity contribution in [2.75, 3.05) is 20.1 Å². The molecule has 0 fully saturated rings. The van der Waals surface area contributed by atoms with Crippen molar-refractivity contribution in [2.45, 2.75) is 40.3 Å². The van der Waals surface area contributed by atoms with E-state index in [4.69, 9.17) is 4.42 Å². The van der Waals surface area contributed by atoms with Gasteiger partial charge in [0.1, 0.15) is 6.26 Å². The van der Waals surface area contributed by atoms with Gasteiger partial charge in [-0.1, -0.05) is 42.0 Å². The Morgan fingerprint density at radius 1 is 1.09 bits per heavy atom. The fourth-order valence-electron chi connectivity index (χ4n) is 4.11. The first-order chi connectivity index (χ1) is 15.9. The number of amides is 1. The van der Waals surface area contributed by atoms with Crippen LogP contribution in [0.4, 0.5) is 0 Å². The summed E-state index contributed by atoms with van der Waals surface area (Å²) < 4.78 is 5.70. The first kappa shape index (κ1) is 22.8. The number of aromatic amines is 1. The van der Waals surface area contributed by atoms with Gasteiger partial charge >= 0.3 is 0 Å². The monoisotopic (exact) mass is 444 g/mol. The van der Waals surface area contributed by atoms with Gasteiger partial charge in [0.2, 0.25) is 5.89 Å². The van der Waals surface area contributed by atoms with Gasteiger partial charge in [-0.05, 0) is 49.9 Å². The molecule has 0 aliphatic carbocycles. The lowest BCUT2D eigenvalue weighted by Crippen LogP contribution is -2.27. The van der Waals surface area contributed by atoms with Gasteiger partial charge in [-0.25, -0.2) is 4.98 Å². The van der Waals surface area contributed by atoms with E-state index in [1.807, 2.05) is 13.0 Å². The average molecular weight is 445 g/mol. The smallest absolute Gasteiger partial charge is 0.275 e. The van der Waals surface area contributed by atoms with Crippen LogP contribution in [0.2, 0.25) is 0 Å². The Kier molecular flexibility index (Phi) is 6.94. The molecular weight excluding hydrogens is 412 g/mol. The molecule has 172 valence electrons. The van der Waals surface area contributed by atoms with E-state index in [2.05, 4.69) is 71.3 Å². The second kappa shape index (κ2) is 10.0. The number of nitrogens with one attached hydrogen (secondary N) is 1. The number of hydrogen-bond acceptors (Lipinski definition) is 4. The standard InChI is InChI=1S/C27H32N4O2/c1-5-30(4)27(32)25-18-33-26(29-25)17-31(16-22-11-10-19(2)14-20(22)3)13-12-21-15-28-24-9-7-6-8-23(21)24/h6-11,14-15,18,28H,5,12-13,16-17H2,1-4H3. The van der Waals surface area contributed by atoms with Crippen LogP contribution in [0, 0.1) is 13.8 Å². The van der Waals surface area contributed by atoms with Gasteiger partial charge in [0.05, 0.1) is 6.54 Å². The molecule has 2 aromatic carbocycles. The molecule has 2 heterocycles. The predicted molar refractivity (Wildman–Crippen MR) is 131 cm³/mol. The number of nitrogens with zero attached hydrogens (tertiary/aromatic N) is 3. The van der Waals surface area contributed by atoms with Crippen molar-refractivity contribution in [3.63, 3.8) is 0 Å². The van der Waals surface area contributed by atoms with E-state index < -0.39 is 0 Å². The van der Waals surface area contributed by atoms with Crippen molar-refractivity contribution in [1.29, 1.82) is 0 Å². The maximum atomic E-state index is 12.4. The van der Waals surface area contributed by atoms with Crippen molar-refractivity contribution in [2.24, 2.45) is 0 Å². The second-order valence-electron chi connectivity index (χ2n) is 8.70. The molecule has 0 bridgehead atoms. The van der Waals surface area contributed by atoms with Crippen molar-refractivity contribution in [1.82, 2.24) is 19.8 Å². The van der Waals surface area contributed by atoms with E-state index in [0.717, 1.165) is 25.0 Å². The number of para-hydroxylation sites is 1. The van der Waals surface area contributed by atoms with E-state index in [1.165, 1.54) is 33.9 Å². The van der Waals surface area contributed by atoms with Gasteiger partial charge in [0.25, 0.3) is 5.91 Å². The van der Waals surface area contributed by atoms with E-state index in [0.29, 0.717) is 24.7 Å². The van der Waals surface area contributed by atoms with Crippen LogP contribution in [-0.4, -0.2) is 45.8 Å². The predicted octanol–water partition coefficient (Wildman–Crippen LogP) is 5.11. The lowest BCUT2D eigenvalue weighted by atomic mass is 10.0. The zero-order valence-electron chi connectivity index (χ0n) is 19.9. The molecule has 33 heavy (non-hydrogen) atoms. The summed E-state index contributed by atoms with van der Waals surface area (Å²) in [6.45, 7) is 9.01. The molecule has 0 unspecified atom stereocenters. The van der Waals surface area contributed by atoms with Crippen LogP contribution < -0.4 is 0 Å². The first-order valence-corrected chi connectivity index (χ1v) is 11.5. The molecule has 4 rings (SSSR count). The van der Waals surface area contributed by atoms with Gasteiger partial charge in [-0.2, -0.15) is 0 Å².